The van der Waals surface area contributed by atoms with Crippen molar-refractivity contribution in [1.29, 1.82) is 0 Å². The highest BCUT2D eigenvalue weighted by atomic mass is 16.5. The number of fused-ring (bicyclic) bond motifs is 6. The number of urea groups is 1. The molecule has 2 fully saturated rings. The quantitative estimate of drug-likeness (QED) is 0.402. The average Bonchev–Trinajstić information content (AvgIpc) is 3.11. The SMILES string of the molecule is CC(=O)O[C@H]1CC[C@@]2(C)C(=CC[C@@H]3[C@@H]2CC[C@]2(C)C4=C(C[C@@H]32)C(c2ccc(C)cc2)NC(=O)N4)C1. The van der Waals surface area contributed by atoms with Crippen LogP contribution >= 0.6 is 0 Å². The van der Waals surface area contributed by atoms with Crippen molar-refractivity contribution >= 4 is 12.0 Å². The van der Waals surface area contributed by atoms with E-state index in [1.54, 1.807) is 0 Å². The molecule has 0 bridgehead atoms. The maximum absolute atomic E-state index is 12.8. The summed E-state index contributed by atoms with van der Waals surface area (Å²) in [6.07, 6.45) is 9.94. The maximum atomic E-state index is 12.8. The number of rotatable bonds is 2. The molecule has 1 aromatic carbocycles. The Morgan fingerprint density at radius 2 is 1.77 bits per heavy atom. The number of amides is 2. The van der Waals surface area contributed by atoms with Crippen LogP contribution in [0.4, 0.5) is 4.79 Å². The Morgan fingerprint density at radius 3 is 2.51 bits per heavy atom. The number of nitrogens with one attached hydrogen (secondary N) is 2. The van der Waals surface area contributed by atoms with Crippen LogP contribution in [0.2, 0.25) is 0 Å². The van der Waals surface area contributed by atoms with E-state index in [1.807, 2.05) is 0 Å². The molecule has 1 heterocycles. The third-order valence-corrected chi connectivity index (χ3v) is 10.4. The molecule has 4 aliphatic carbocycles. The molecule has 0 radical (unpaired) electrons. The van der Waals surface area contributed by atoms with E-state index < -0.39 is 0 Å². The zero-order chi connectivity index (χ0) is 24.5. The molecule has 1 unspecified atom stereocenters. The van der Waals surface area contributed by atoms with E-state index in [0.717, 1.165) is 38.5 Å². The third kappa shape index (κ3) is 3.48. The number of ether oxygens (including phenoxy) is 1. The van der Waals surface area contributed by atoms with Crippen LogP contribution in [0.5, 0.6) is 0 Å². The zero-order valence-electron chi connectivity index (χ0n) is 21.4. The van der Waals surface area contributed by atoms with Crippen LogP contribution in [-0.2, 0) is 9.53 Å². The molecule has 6 rings (SSSR count). The monoisotopic (exact) mass is 474 g/mol. The van der Waals surface area contributed by atoms with Gasteiger partial charge in [0.15, 0.2) is 0 Å². The fourth-order valence-electron chi connectivity index (χ4n) is 8.57. The summed E-state index contributed by atoms with van der Waals surface area (Å²) >= 11 is 0. The van der Waals surface area contributed by atoms with Crippen LogP contribution in [0.3, 0.4) is 0 Å². The van der Waals surface area contributed by atoms with E-state index in [4.69, 9.17) is 4.74 Å². The van der Waals surface area contributed by atoms with E-state index in [2.05, 4.69) is 61.7 Å². The summed E-state index contributed by atoms with van der Waals surface area (Å²) in [5.74, 6) is 1.65. The first kappa shape index (κ1) is 22.9. The second-order valence-corrected chi connectivity index (χ2v) is 12.2. The predicted molar refractivity (Wildman–Crippen MR) is 135 cm³/mol. The van der Waals surface area contributed by atoms with Crippen LogP contribution in [0.15, 0.2) is 47.2 Å². The van der Waals surface area contributed by atoms with Crippen LogP contribution < -0.4 is 10.6 Å². The summed E-state index contributed by atoms with van der Waals surface area (Å²) in [6, 6.07) is 8.52. The van der Waals surface area contributed by atoms with Gasteiger partial charge in [0.1, 0.15) is 6.10 Å². The molecule has 186 valence electrons. The number of hydrogen-bond donors (Lipinski definition) is 2. The van der Waals surface area contributed by atoms with Gasteiger partial charge in [-0.3, -0.25) is 4.79 Å². The van der Waals surface area contributed by atoms with Crippen molar-refractivity contribution in [3.05, 3.63) is 58.3 Å². The Bertz CT molecular complexity index is 1130. The van der Waals surface area contributed by atoms with Crippen molar-refractivity contribution < 1.29 is 14.3 Å². The molecule has 0 spiro atoms. The Kier molecular flexibility index (Phi) is 5.21. The number of carbonyl (C=O) groups excluding carboxylic acids is 2. The largest absolute Gasteiger partial charge is 0.462 e. The van der Waals surface area contributed by atoms with E-state index in [0.29, 0.717) is 17.8 Å². The summed E-state index contributed by atoms with van der Waals surface area (Å²) in [5, 5.41) is 6.51. The molecule has 2 N–H and O–H groups in total. The lowest BCUT2D eigenvalue weighted by molar-refractivity contribution is -0.148. The van der Waals surface area contributed by atoms with Gasteiger partial charge in [-0.1, -0.05) is 55.3 Å². The minimum absolute atomic E-state index is 0.0217. The number of carbonyl (C=O) groups is 2. The predicted octanol–water partition coefficient (Wildman–Crippen LogP) is 6.11. The highest BCUT2D eigenvalue weighted by molar-refractivity contribution is 5.80. The molecular formula is C30H38N2O3. The lowest BCUT2D eigenvalue weighted by Gasteiger charge is -2.57. The highest BCUT2D eigenvalue weighted by Crippen LogP contribution is 2.66. The minimum Gasteiger partial charge on any atom is -0.462 e. The summed E-state index contributed by atoms with van der Waals surface area (Å²) in [5.41, 5.74) is 6.74. The van der Waals surface area contributed by atoms with E-state index in [1.165, 1.54) is 41.3 Å². The number of hydrogen-bond acceptors (Lipinski definition) is 3. The normalized spacial score (nSPS) is 39.8. The van der Waals surface area contributed by atoms with Crippen molar-refractivity contribution in [3.63, 3.8) is 0 Å². The molecule has 0 aromatic heterocycles. The molecule has 5 nitrogen and oxygen atoms in total. The number of allylic oxidation sites excluding steroid dienone is 2. The lowest BCUT2D eigenvalue weighted by atomic mass is 9.48. The topological polar surface area (TPSA) is 67.4 Å². The maximum Gasteiger partial charge on any atom is 0.319 e. The Labute approximate surface area is 208 Å². The molecule has 5 aliphatic rings. The molecule has 2 amide bonds. The minimum atomic E-state index is -0.164. The van der Waals surface area contributed by atoms with Crippen molar-refractivity contribution in [2.75, 3.05) is 0 Å². The first-order chi connectivity index (χ1) is 16.7. The van der Waals surface area contributed by atoms with Gasteiger partial charge in [0.25, 0.3) is 0 Å². The molecule has 5 heteroatoms. The summed E-state index contributed by atoms with van der Waals surface area (Å²) in [4.78, 5) is 24.4. The van der Waals surface area contributed by atoms with Crippen molar-refractivity contribution in [2.45, 2.75) is 84.8 Å². The standard InChI is InChI=1S/C30H38N2O3/c1-17-5-7-19(8-6-17)26-23-16-25-22-10-9-20-15-21(35-18(2)33)11-13-29(20,3)24(22)12-14-30(25,4)27(23)32-28(34)31-26/h5-9,21-22,24-26H,10-16H2,1-4H3,(H2,31,32,34)/t21-,22+,24-,25-,26?,29-,30-/m0/s1. The summed E-state index contributed by atoms with van der Waals surface area (Å²) < 4.78 is 5.61. The highest BCUT2D eigenvalue weighted by Gasteiger charge is 2.59. The molecule has 7 atom stereocenters. The van der Waals surface area contributed by atoms with Gasteiger partial charge in [0.2, 0.25) is 0 Å². The van der Waals surface area contributed by atoms with Gasteiger partial charge >= 0.3 is 12.0 Å². The van der Waals surface area contributed by atoms with Gasteiger partial charge in [0, 0.05) is 24.5 Å². The van der Waals surface area contributed by atoms with E-state index in [-0.39, 0.29) is 35.0 Å². The van der Waals surface area contributed by atoms with Crippen LogP contribution in [-0.4, -0.2) is 18.1 Å². The molecule has 35 heavy (non-hydrogen) atoms. The summed E-state index contributed by atoms with van der Waals surface area (Å²) in [7, 11) is 0. The number of benzene rings is 1. The van der Waals surface area contributed by atoms with E-state index >= 15 is 0 Å². The van der Waals surface area contributed by atoms with Gasteiger partial charge in [-0.25, -0.2) is 4.79 Å². The molecule has 1 aliphatic heterocycles. The Morgan fingerprint density at radius 1 is 1.03 bits per heavy atom. The van der Waals surface area contributed by atoms with Crippen molar-refractivity contribution in [1.82, 2.24) is 10.6 Å². The second-order valence-electron chi connectivity index (χ2n) is 12.2. The third-order valence-electron chi connectivity index (χ3n) is 10.4. The first-order valence-corrected chi connectivity index (χ1v) is 13.4. The summed E-state index contributed by atoms with van der Waals surface area (Å²) in [6.45, 7) is 8.51. The first-order valence-electron chi connectivity index (χ1n) is 13.4. The smallest absolute Gasteiger partial charge is 0.319 e. The van der Waals surface area contributed by atoms with Gasteiger partial charge in [0.05, 0.1) is 6.04 Å². The van der Waals surface area contributed by atoms with Crippen molar-refractivity contribution in [3.8, 4) is 0 Å². The zero-order valence-corrected chi connectivity index (χ0v) is 21.4. The van der Waals surface area contributed by atoms with Gasteiger partial charge in [-0.2, -0.15) is 0 Å². The number of aryl methyl sites for hydroxylation is 1. The molecule has 1 aromatic rings. The van der Waals surface area contributed by atoms with E-state index in [9.17, 15) is 9.59 Å². The van der Waals surface area contributed by atoms with Gasteiger partial charge < -0.3 is 15.4 Å². The second kappa shape index (κ2) is 7.97. The fourth-order valence-corrected chi connectivity index (χ4v) is 8.57. The Hall–Kier alpha value is -2.56. The van der Waals surface area contributed by atoms with Crippen LogP contribution in [0.1, 0.15) is 82.9 Å². The fraction of sp³-hybridized carbons (Fsp3) is 0.600. The molecule has 0 saturated heterocycles. The van der Waals surface area contributed by atoms with Gasteiger partial charge in [-0.05, 0) is 79.8 Å². The van der Waals surface area contributed by atoms with Crippen molar-refractivity contribution in [2.24, 2.45) is 28.6 Å². The van der Waals surface area contributed by atoms with Crippen LogP contribution in [0.25, 0.3) is 0 Å². The molecular weight excluding hydrogens is 436 g/mol. The lowest BCUT2D eigenvalue weighted by Crippen LogP contribution is -2.52. The average molecular weight is 475 g/mol. The number of esters is 1. The van der Waals surface area contributed by atoms with Crippen LogP contribution in [0, 0.1) is 35.5 Å². The van der Waals surface area contributed by atoms with Gasteiger partial charge in [-0.15, -0.1) is 0 Å². The Balaban J connectivity index is 1.31. The molecule has 2 saturated carbocycles.